The normalized spacial score (nSPS) is 18.5. The van der Waals surface area contributed by atoms with Gasteiger partial charge in [-0.3, -0.25) is 9.79 Å². The molecule has 2 heterocycles. The van der Waals surface area contributed by atoms with Gasteiger partial charge >= 0.3 is 0 Å². The molecule has 0 spiro atoms. The molecule has 4 rings (SSSR count). The minimum absolute atomic E-state index is 0.0119. The van der Waals surface area contributed by atoms with Gasteiger partial charge in [0.15, 0.2) is 0 Å². The second-order valence-electron chi connectivity index (χ2n) is 7.57. The van der Waals surface area contributed by atoms with Gasteiger partial charge in [0.1, 0.15) is 6.17 Å². The number of anilines is 2. The molecule has 1 amide bonds. The number of amides is 1. The summed E-state index contributed by atoms with van der Waals surface area (Å²) in [4.78, 5) is 21.3. The van der Waals surface area contributed by atoms with Crippen molar-refractivity contribution in [2.45, 2.75) is 39.8 Å². The zero-order valence-electron chi connectivity index (χ0n) is 15.9. The number of rotatable bonds is 2. The van der Waals surface area contributed by atoms with Gasteiger partial charge < -0.3 is 9.80 Å². The number of benzene rings is 2. The number of nitrogens with zero attached hydrogens (tertiary/aromatic N) is 3. The SMILES string of the molecule is CC(=O)N1CCCc2c1ccc1c2=NC(C(C)C)N(c2ccc(Cl)cc2)C=1. The van der Waals surface area contributed by atoms with Crippen LogP contribution in [0.5, 0.6) is 0 Å². The molecule has 0 fully saturated rings. The quantitative estimate of drug-likeness (QED) is 0.798. The van der Waals surface area contributed by atoms with Crippen LogP contribution in [0.2, 0.25) is 5.02 Å². The van der Waals surface area contributed by atoms with Crippen LogP contribution in [0.4, 0.5) is 11.4 Å². The van der Waals surface area contributed by atoms with Gasteiger partial charge in [0, 0.05) is 46.8 Å². The van der Waals surface area contributed by atoms with Gasteiger partial charge in [-0.1, -0.05) is 25.4 Å². The molecule has 0 radical (unpaired) electrons. The highest BCUT2D eigenvalue weighted by Gasteiger charge is 2.26. The first kappa shape index (κ1) is 18.1. The van der Waals surface area contributed by atoms with E-state index < -0.39 is 0 Å². The van der Waals surface area contributed by atoms with Crippen LogP contribution >= 0.6 is 11.6 Å². The molecule has 0 aromatic heterocycles. The summed E-state index contributed by atoms with van der Waals surface area (Å²) in [7, 11) is 0. The second kappa shape index (κ2) is 7.01. The van der Waals surface area contributed by atoms with Crippen molar-refractivity contribution < 1.29 is 4.79 Å². The van der Waals surface area contributed by atoms with Crippen molar-refractivity contribution in [1.29, 1.82) is 0 Å². The summed E-state index contributed by atoms with van der Waals surface area (Å²) >= 11 is 6.06. The predicted octanol–water partition coefficient (Wildman–Crippen LogP) is 3.50. The van der Waals surface area contributed by atoms with Gasteiger partial charge in [0.05, 0.1) is 5.36 Å². The Labute approximate surface area is 164 Å². The first-order valence-corrected chi connectivity index (χ1v) is 9.87. The van der Waals surface area contributed by atoms with Gasteiger partial charge in [0.25, 0.3) is 0 Å². The lowest BCUT2D eigenvalue weighted by molar-refractivity contribution is -0.116. The van der Waals surface area contributed by atoms with E-state index in [0.717, 1.165) is 46.4 Å². The standard InChI is InChI=1S/C22H24ClN3O/c1-14(2)22-24-21-16(13-26(22)18-9-7-17(23)8-10-18)6-11-20-19(21)5-4-12-25(20)15(3)27/h6-11,13-14,22H,4-5,12H2,1-3H3. The van der Waals surface area contributed by atoms with Crippen LogP contribution in [-0.4, -0.2) is 18.6 Å². The number of halogens is 1. The lowest BCUT2D eigenvalue weighted by Crippen LogP contribution is -2.47. The van der Waals surface area contributed by atoms with Crippen molar-refractivity contribution >= 4 is 35.1 Å². The Morgan fingerprint density at radius 3 is 2.59 bits per heavy atom. The van der Waals surface area contributed by atoms with E-state index in [0.29, 0.717) is 5.92 Å². The predicted molar refractivity (Wildman–Crippen MR) is 111 cm³/mol. The van der Waals surface area contributed by atoms with E-state index in [2.05, 4.69) is 37.1 Å². The van der Waals surface area contributed by atoms with Crippen molar-refractivity contribution in [3.05, 3.63) is 57.6 Å². The fraction of sp³-hybridized carbons (Fsp3) is 0.364. The van der Waals surface area contributed by atoms with E-state index in [1.165, 1.54) is 5.56 Å². The number of fused-ring (bicyclic) bond motifs is 3. The summed E-state index contributed by atoms with van der Waals surface area (Å²) in [6.07, 6.45) is 4.14. The molecule has 2 aliphatic heterocycles. The smallest absolute Gasteiger partial charge is 0.223 e. The van der Waals surface area contributed by atoms with Crippen molar-refractivity contribution in [3.63, 3.8) is 0 Å². The van der Waals surface area contributed by atoms with E-state index in [1.807, 2.05) is 29.2 Å². The number of hydrogen-bond acceptors (Lipinski definition) is 3. The molecule has 5 heteroatoms. The minimum Gasteiger partial charge on any atom is -0.324 e. The Morgan fingerprint density at radius 1 is 1.19 bits per heavy atom. The average Bonchev–Trinajstić information content (AvgIpc) is 2.66. The van der Waals surface area contributed by atoms with E-state index >= 15 is 0 Å². The third-order valence-electron chi connectivity index (χ3n) is 5.31. The molecule has 140 valence electrons. The highest BCUT2D eigenvalue weighted by Crippen LogP contribution is 2.27. The van der Waals surface area contributed by atoms with Crippen LogP contribution in [-0.2, 0) is 11.2 Å². The maximum absolute atomic E-state index is 12.0. The van der Waals surface area contributed by atoms with Gasteiger partial charge in [-0.25, -0.2) is 0 Å². The summed E-state index contributed by atoms with van der Waals surface area (Å²) in [5.41, 5.74) is 3.30. The molecule has 0 saturated carbocycles. The molecule has 0 bridgehead atoms. The molecule has 2 aromatic rings. The number of hydrogen-bond donors (Lipinski definition) is 0. The third kappa shape index (κ3) is 3.23. The summed E-state index contributed by atoms with van der Waals surface area (Å²) in [5, 5.41) is 2.88. The van der Waals surface area contributed by atoms with Crippen molar-refractivity contribution in [1.82, 2.24) is 0 Å². The first-order chi connectivity index (χ1) is 13.0. The summed E-state index contributed by atoms with van der Waals surface area (Å²) in [6, 6.07) is 12.0. The maximum atomic E-state index is 12.0. The van der Waals surface area contributed by atoms with E-state index in [-0.39, 0.29) is 12.1 Å². The van der Waals surface area contributed by atoms with Gasteiger partial charge in [-0.05, 0) is 55.2 Å². The highest BCUT2D eigenvalue weighted by atomic mass is 35.5. The van der Waals surface area contributed by atoms with Crippen LogP contribution < -0.4 is 20.4 Å². The molecule has 1 unspecified atom stereocenters. The third-order valence-corrected chi connectivity index (χ3v) is 5.57. The molecular formula is C22H24ClN3O. The Kier molecular flexibility index (Phi) is 4.68. The van der Waals surface area contributed by atoms with Crippen molar-refractivity contribution in [3.8, 4) is 0 Å². The fourth-order valence-corrected chi connectivity index (χ4v) is 4.12. The Hall–Kier alpha value is -2.33. The topological polar surface area (TPSA) is 35.9 Å². The number of carbonyl (C=O) groups is 1. The van der Waals surface area contributed by atoms with Crippen molar-refractivity contribution in [2.24, 2.45) is 10.9 Å². The molecule has 0 saturated heterocycles. The van der Waals surface area contributed by atoms with Crippen LogP contribution in [0.1, 0.15) is 32.8 Å². The zero-order valence-corrected chi connectivity index (χ0v) is 16.7. The van der Waals surface area contributed by atoms with Gasteiger partial charge in [-0.15, -0.1) is 0 Å². The Bertz CT molecular complexity index is 997. The van der Waals surface area contributed by atoms with Gasteiger partial charge in [-0.2, -0.15) is 0 Å². The van der Waals surface area contributed by atoms with Crippen LogP contribution in [0, 0.1) is 5.92 Å². The molecule has 0 N–H and O–H groups in total. The van der Waals surface area contributed by atoms with Crippen LogP contribution in [0.3, 0.4) is 0 Å². The van der Waals surface area contributed by atoms with E-state index in [4.69, 9.17) is 16.6 Å². The highest BCUT2D eigenvalue weighted by molar-refractivity contribution is 6.30. The maximum Gasteiger partial charge on any atom is 0.223 e. The molecule has 0 aliphatic carbocycles. The molecule has 2 aliphatic rings. The summed E-state index contributed by atoms with van der Waals surface area (Å²) < 4.78 is 0. The summed E-state index contributed by atoms with van der Waals surface area (Å²) in [5.74, 6) is 0.437. The van der Waals surface area contributed by atoms with E-state index in [1.54, 1.807) is 6.92 Å². The van der Waals surface area contributed by atoms with Crippen LogP contribution in [0.15, 0.2) is 41.4 Å². The van der Waals surface area contributed by atoms with Gasteiger partial charge in [0.2, 0.25) is 5.91 Å². The molecule has 1 atom stereocenters. The molecular weight excluding hydrogens is 358 g/mol. The van der Waals surface area contributed by atoms with Crippen LogP contribution in [0.25, 0.3) is 6.20 Å². The molecule has 4 nitrogen and oxygen atoms in total. The fourth-order valence-electron chi connectivity index (χ4n) is 3.99. The Morgan fingerprint density at radius 2 is 1.93 bits per heavy atom. The lowest BCUT2D eigenvalue weighted by Gasteiger charge is -2.34. The Balaban J connectivity index is 1.89. The minimum atomic E-state index is 0.0119. The largest absolute Gasteiger partial charge is 0.324 e. The zero-order chi connectivity index (χ0) is 19.1. The summed E-state index contributed by atoms with van der Waals surface area (Å²) in [6.45, 7) is 6.80. The monoisotopic (exact) mass is 381 g/mol. The average molecular weight is 382 g/mol. The second-order valence-corrected chi connectivity index (χ2v) is 8.01. The first-order valence-electron chi connectivity index (χ1n) is 9.49. The lowest BCUT2D eigenvalue weighted by atomic mass is 9.98. The van der Waals surface area contributed by atoms with E-state index in [9.17, 15) is 4.79 Å². The number of carbonyl (C=O) groups excluding carboxylic acids is 1. The molecule has 2 aromatic carbocycles. The molecule has 27 heavy (non-hydrogen) atoms. The van der Waals surface area contributed by atoms with Crippen molar-refractivity contribution in [2.75, 3.05) is 16.3 Å².